The molecule has 1 saturated carbocycles. The van der Waals surface area contributed by atoms with Crippen LogP contribution in [0.4, 0.5) is 0 Å². The van der Waals surface area contributed by atoms with Crippen LogP contribution in [0, 0.1) is 11.8 Å². The van der Waals surface area contributed by atoms with E-state index in [1.165, 1.54) is 0 Å². The Morgan fingerprint density at radius 1 is 1.14 bits per heavy atom. The highest BCUT2D eigenvalue weighted by Gasteiger charge is 2.32. The van der Waals surface area contributed by atoms with Gasteiger partial charge in [-0.3, -0.25) is 9.59 Å². The molecule has 0 aromatic rings. The van der Waals surface area contributed by atoms with Gasteiger partial charge in [0.1, 0.15) is 6.61 Å². The molecule has 0 aliphatic heterocycles. The van der Waals surface area contributed by atoms with Crippen LogP contribution < -0.4 is 0 Å². The largest absolute Gasteiger partial charge is 0.461 e. The quantitative estimate of drug-likeness (QED) is 0.311. The molecular weight excluding hydrogens is 272 g/mol. The molecular formula is C16H22O5. The maximum Gasteiger partial charge on any atom is 0.371 e. The molecule has 5 nitrogen and oxygen atoms in total. The Balaban J connectivity index is 2.45. The van der Waals surface area contributed by atoms with Crippen molar-refractivity contribution in [1.82, 2.24) is 0 Å². The number of hydrogen-bond acceptors (Lipinski definition) is 5. The molecule has 1 fully saturated rings. The van der Waals surface area contributed by atoms with Crippen LogP contribution in [0.3, 0.4) is 0 Å². The Hall–Kier alpha value is -1.91. The van der Waals surface area contributed by atoms with Crippen molar-refractivity contribution in [3.05, 3.63) is 24.3 Å². The monoisotopic (exact) mass is 294 g/mol. The van der Waals surface area contributed by atoms with E-state index in [4.69, 9.17) is 9.47 Å². The van der Waals surface area contributed by atoms with Crippen molar-refractivity contribution in [2.75, 3.05) is 13.2 Å². The molecule has 0 aromatic heterocycles. The number of esters is 2. The second kappa shape index (κ2) is 9.91. The lowest BCUT2D eigenvalue weighted by atomic mass is 9.80. The molecule has 0 unspecified atom stereocenters. The summed E-state index contributed by atoms with van der Waals surface area (Å²) in [5.41, 5.74) is 0. The minimum atomic E-state index is -0.887. The van der Waals surface area contributed by atoms with Gasteiger partial charge in [-0.2, -0.15) is 0 Å². The van der Waals surface area contributed by atoms with Gasteiger partial charge in [0, 0.05) is 5.92 Å². The Morgan fingerprint density at radius 3 is 2.62 bits per heavy atom. The van der Waals surface area contributed by atoms with Gasteiger partial charge in [-0.05, 0) is 25.8 Å². The summed E-state index contributed by atoms with van der Waals surface area (Å²) in [6, 6.07) is 0. The van der Waals surface area contributed by atoms with Crippen LogP contribution in [-0.4, -0.2) is 31.4 Å². The Labute approximate surface area is 125 Å². The highest BCUT2D eigenvalue weighted by atomic mass is 16.5. The van der Waals surface area contributed by atoms with Crippen LogP contribution in [0.2, 0.25) is 0 Å². The number of ether oxygens (including phenoxy) is 2. The fraction of sp³-hybridized carbons (Fsp3) is 0.562. The Kier molecular flexibility index (Phi) is 8.09. The fourth-order valence-corrected chi connectivity index (χ4v) is 2.42. The molecule has 0 N–H and O–H groups in total. The van der Waals surface area contributed by atoms with Gasteiger partial charge in [0.05, 0.1) is 12.5 Å². The van der Waals surface area contributed by atoms with Crippen LogP contribution in [0.5, 0.6) is 0 Å². The van der Waals surface area contributed by atoms with E-state index in [2.05, 4.69) is 0 Å². The van der Waals surface area contributed by atoms with Crippen molar-refractivity contribution in [2.45, 2.75) is 32.6 Å². The predicted octanol–water partition coefficient (Wildman–Crippen LogP) is 2.21. The van der Waals surface area contributed by atoms with E-state index >= 15 is 0 Å². The maximum absolute atomic E-state index is 12.1. The third kappa shape index (κ3) is 6.38. The summed E-state index contributed by atoms with van der Waals surface area (Å²) in [7, 11) is 0. The number of aldehydes is 1. The van der Waals surface area contributed by atoms with Gasteiger partial charge in [0.15, 0.2) is 0 Å². The maximum atomic E-state index is 12.1. The summed E-state index contributed by atoms with van der Waals surface area (Å²) in [6.07, 6.45) is 11.0. The van der Waals surface area contributed by atoms with E-state index < -0.39 is 5.97 Å². The third-order valence-electron chi connectivity index (χ3n) is 3.51. The molecule has 0 bridgehead atoms. The first-order valence-corrected chi connectivity index (χ1v) is 7.25. The normalized spacial score (nSPS) is 22.3. The van der Waals surface area contributed by atoms with Crippen LogP contribution in [0.15, 0.2) is 24.3 Å². The average Bonchev–Trinajstić information content (AvgIpc) is 2.52. The molecule has 21 heavy (non-hydrogen) atoms. The van der Waals surface area contributed by atoms with Crippen molar-refractivity contribution in [3.8, 4) is 0 Å². The summed E-state index contributed by atoms with van der Waals surface area (Å²) in [4.78, 5) is 33.2. The minimum Gasteiger partial charge on any atom is -0.461 e. The van der Waals surface area contributed by atoms with Gasteiger partial charge >= 0.3 is 11.9 Å². The predicted molar refractivity (Wildman–Crippen MR) is 77.4 cm³/mol. The van der Waals surface area contributed by atoms with Crippen LogP contribution in [-0.2, 0) is 23.9 Å². The average molecular weight is 294 g/mol. The van der Waals surface area contributed by atoms with Crippen molar-refractivity contribution in [2.24, 2.45) is 11.8 Å². The second-order valence-corrected chi connectivity index (χ2v) is 4.98. The molecule has 116 valence electrons. The van der Waals surface area contributed by atoms with Gasteiger partial charge < -0.3 is 9.47 Å². The summed E-state index contributed by atoms with van der Waals surface area (Å²) >= 11 is 0. The SMILES string of the molecule is C/C=C/C=C/COC(=O)[C@@H]1CCCC[C@H]1COC(=O)C=O. The molecule has 0 heterocycles. The van der Waals surface area contributed by atoms with Crippen molar-refractivity contribution < 1.29 is 23.9 Å². The van der Waals surface area contributed by atoms with E-state index in [0.29, 0.717) is 0 Å². The van der Waals surface area contributed by atoms with Gasteiger partial charge in [-0.1, -0.05) is 31.1 Å². The van der Waals surface area contributed by atoms with E-state index in [-0.39, 0.29) is 37.3 Å². The molecule has 0 spiro atoms. The molecule has 2 atom stereocenters. The first kappa shape index (κ1) is 17.1. The highest BCUT2D eigenvalue weighted by Crippen LogP contribution is 2.31. The van der Waals surface area contributed by atoms with Gasteiger partial charge in [0.25, 0.3) is 0 Å². The molecule has 0 amide bonds. The fourth-order valence-electron chi connectivity index (χ4n) is 2.42. The molecule has 1 aliphatic rings. The third-order valence-corrected chi connectivity index (χ3v) is 3.51. The number of allylic oxidation sites excluding steroid dienone is 3. The Bertz CT molecular complexity index is 411. The van der Waals surface area contributed by atoms with E-state index in [9.17, 15) is 14.4 Å². The smallest absolute Gasteiger partial charge is 0.371 e. The highest BCUT2D eigenvalue weighted by molar-refractivity contribution is 6.20. The minimum absolute atomic E-state index is 0.0605. The zero-order valence-electron chi connectivity index (χ0n) is 12.3. The standard InChI is InChI=1S/C16H22O5/c1-2-3-4-7-10-20-16(19)14-9-6-5-8-13(14)12-21-15(18)11-17/h2-4,7,11,13-14H,5-6,8-10,12H2,1H3/b3-2+,7-4+/t13-,14+/m0/s1. The first-order chi connectivity index (χ1) is 10.2. The molecule has 0 saturated heterocycles. The van der Waals surface area contributed by atoms with E-state index in [0.717, 1.165) is 25.7 Å². The van der Waals surface area contributed by atoms with Gasteiger partial charge in [-0.25, -0.2) is 4.79 Å². The van der Waals surface area contributed by atoms with E-state index in [1.807, 2.05) is 25.2 Å². The van der Waals surface area contributed by atoms with Gasteiger partial charge in [-0.15, -0.1) is 0 Å². The lowest BCUT2D eigenvalue weighted by Crippen LogP contribution is -2.32. The summed E-state index contributed by atoms with van der Waals surface area (Å²) in [5, 5.41) is 0. The van der Waals surface area contributed by atoms with Gasteiger partial charge in [0.2, 0.25) is 6.29 Å². The van der Waals surface area contributed by atoms with Crippen LogP contribution >= 0.6 is 0 Å². The summed E-state index contributed by atoms with van der Waals surface area (Å²) in [6.45, 7) is 2.25. The van der Waals surface area contributed by atoms with Crippen molar-refractivity contribution >= 4 is 18.2 Å². The van der Waals surface area contributed by atoms with Crippen LogP contribution in [0.1, 0.15) is 32.6 Å². The van der Waals surface area contributed by atoms with Crippen LogP contribution in [0.25, 0.3) is 0 Å². The molecule has 1 rings (SSSR count). The topological polar surface area (TPSA) is 69.7 Å². The van der Waals surface area contributed by atoms with E-state index in [1.54, 1.807) is 6.08 Å². The number of carbonyl (C=O) groups excluding carboxylic acids is 3. The molecule has 0 radical (unpaired) electrons. The zero-order chi connectivity index (χ0) is 15.5. The number of carbonyl (C=O) groups is 3. The lowest BCUT2D eigenvalue weighted by Gasteiger charge is -2.29. The lowest BCUT2D eigenvalue weighted by molar-refractivity contribution is -0.156. The number of rotatable bonds is 7. The molecule has 5 heteroatoms. The first-order valence-electron chi connectivity index (χ1n) is 7.25. The molecule has 1 aliphatic carbocycles. The number of hydrogen-bond donors (Lipinski definition) is 0. The molecule has 0 aromatic carbocycles. The van der Waals surface area contributed by atoms with Crippen molar-refractivity contribution in [3.63, 3.8) is 0 Å². The summed E-state index contributed by atoms with van der Waals surface area (Å²) < 4.78 is 10.1. The second-order valence-electron chi connectivity index (χ2n) is 4.98. The van der Waals surface area contributed by atoms with Crippen molar-refractivity contribution in [1.29, 1.82) is 0 Å². The zero-order valence-corrected chi connectivity index (χ0v) is 12.3. The Morgan fingerprint density at radius 2 is 1.90 bits per heavy atom. The summed E-state index contributed by atoms with van der Waals surface area (Å²) in [5.74, 6) is -1.46.